The number of carbonyl (C=O) groups excluding carboxylic acids is 1. The van der Waals surface area contributed by atoms with E-state index in [4.69, 9.17) is 9.47 Å². The fourth-order valence-corrected chi connectivity index (χ4v) is 3.81. The number of rotatable bonds is 10. The molecule has 1 aromatic heterocycles. The van der Waals surface area contributed by atoms with Crippen LogP contribution in [0.25, 0.3) is 10.9 Å². The fraction of sp³-hybridized carbons (Fsp3) is 0.591. The van der Waals surface area contributed by atoms with Crippen LogP contribution < -0.4 is 15.0 Å². The minimum absolute atomic E-state index is 0.0299. The van der Waals surface area contributed by atoms with E-state index in [1.165, 1.54) is 0 Å². The predicted octanol–water partition coefficient (Wildman–Crippen LogP) is -0.826. The van der Waals surface area contributed by atoms with E-state index in [1.54, 1.807) is 6.07 Å². The molecule has 6 N–H and O–H groups in total. The van der Waals surface area contributed by atoms with E-state index >= 15 is 0 Å². The Kier molecular flexibility index (Phi) is 7.88. The second kappa shape index (κ2) is 10.3. The Labute approximate surface area is 185 Å². The van der Waals surface area contributed by atoms with Gasteiger partial charge in [-0.15, -0.1) is 5.52 Å². The van der Waals surface area contributed by atoms with E-state index in [9.17, 15) is 30.3 Å². The summed E-state index contributed by atoms with van der Waals surface area (Å²) in [5, 5.41) is 52.5. The number of benzene rings is 1. The van der Waals surface area contributed by atoms with Crippen molar-refractivity contribution in [1.82, 2.24) is 10.3 Å². The number of hydrogen-bond donors (Lipinski definition) is 6. The molecule has 0 radical (unpaired) electrons. The molecule has 5 unspecified atom stereocenters. The van der Waals surface area contributed by atoms with Gasteiger partial charge in [0.15, 0.2) is 6.10 Å². The van der Waals surface area contributed by atoms with Gasteiger partial charge >= 0.3 is 5.97 Å². The van der Waals surface area contributed by atoms with Crippen LogP contribution in [0.4, 0.5) is 0 Å². The molecule has 0 spiro atoms. The van der Waals surface area contributed by atoms with E-state index in [0.29, 0.717) is 16.8 Å². The van der Waals surface area contributed by atoms with Gasteiger partial charge in [0.25, 0.3) is 0 Å². The van der Waals surface area contributed by atoms with Crippen LogP contribution in [-0.2, 0) is 22.6 Å². The predicted molar refractivity (Wildman–Crippen MR) is 114 cm³/mol. The number of aliphatic hydroxyl groups is 5. The van der Waals surface area contributed by atoms with Gasteiger partial charge in [0.2, 0.25) is 5.79 Å². The SMILES string of the molecule is CNCCC(C)CCc1ccc2[n-]c(CO)c(OC(=O)C3OC(O)(CO)C(O)C3O)c2c1. The highest BCUT2D eigenvalue weighted by atomic mass is 16.7. The standard InChI is InChI=1S/C22H31N2O8/c1-12(7-8-23-2)3-4-13-5-6-15-14(9-13)18(16(10-25)24-15)31-21(29)19-17(27)20(28)22(30,11-26)32-19/h5-6,9,12,17,19-20,23,25-28,30H,3-4,7-8,10-11H2,1-2H3/q-1. The van der Waals surface area contributed by atoms with E-state index in [-0.39, 0.29) is 11.4 Å². The first-order valence-electron chi connectivity index (χ1n) is 10.7. The summed E-state index contributed by atoms with van der Waals surface area (Å²) in [6.45, 7) is 1.63. The normalized spacial score (nSPS) is 26.5. The Balaban J connectivity index is 1.80. The maximum Gasteiger partial charge on any atom is 0.343 e. The third-order valence-electron chi connectivity index (χ3n) is 5.87. The largest absolute Gasteiger partial charge is 0.656 e. The molecule has 0 amide bonds. The van der Waals surface area contributed by atoms with E-state index < -0.39 is 43.3 Å². The molecule has 2 aromatic rings. The van der Waals surface area contributed by atoms with Crippen LogP contribution in [0, 0.1) is 5.92 Å². The molecular formula is C22H31N2O8-. The van der Waals surface area contributed by atoms with Crippen molar-refractivity contribution in [3.8, 4) is 5.75 Å². The average Bonchev–Trinajstić information content (AvgIpc) is 3.26. The van der Waals surface area contributed by atoms with Gasteiger partial charge in [0.1, 0.15) is 18.0 Å². The molecule has 3 rings (SSSR count). The minimum atomic E-state index is -2.48. The van der Waals surface area contributed by atoms with Crippen LogP contribution in [0.15, 0.2) is 18.2 Å². The van der Waals surface area contributed by atoms with Crippen molar-refractivity contribution >= 4 is 16.9 Å². The first-order chi connectivity index (χ1) is 15.2. The van der Waals surface area contributed by atoms with Gasteiger partial charge in [-0.25, -0.2) is 4.79 Å². The lowest BCUT2D eigenvalue weighted by Crippen LogP contribution is -2.46. The van der Waals surface area contributed by atoms with Crippen LogP contribution in [0.5, 0.6) is 5.75 Å². The van der Waals surface area contributed by atoms with Crippen molar-refractivity contribution in [3.05, 3.63) is 29.5 Å². The van der Waals surface area contributed by atoms with Gasteiger partial charge in [0.05, 0.1) is 13.2 Å². The Hall–Kier alpha value is -2.05. The molecule has 1 aliphatic heterocycles. The summed E-state index contributed by atoms with van der Waals surface area (Å²) >= 11 is 0. The first-order valence-corrected chi connectivity index (χ1v) is 10.7. The van der Waals surface area contributed by atoms with Crippen LogP contribution in [-0.4, -0.2) is 75.8 Å². The van der Waals surface area contributed by atoms with Crippen molar-refractivity contribution in [2.75, 3.05) is 20.2 Å². The van der Waals surface area contributed by atoms with E-state index in [1.807, 2.05) is 19.2 Å². The Morgan fingerprint density at radius 1 is 1.31 bits per heavy atom. The maximum atomic E-state index is 12.7. The zero-order valence-electron chi connectivity index (χ0n) is 18.2. The highest BCUT2D eigenvalue weighted by Crippen LogP contribution is 2.34. The van der Waals surface area contributed by atoms with Crippen molar-refractivity contribution in [2.45, 2.75) is 56.9 Å². The fourth-order valence-electron chi connectivity index (χ4n) is 3.81. The van der Waals surface area contributed by atoms with Gasteiger partial charge < -0.3 is 45.3 Å². The molecule has 1 aromatic carbocycles. The molecule has 2 heterocycles. The van der Waals surface area contributed by atoms with Crippen molar-refractivity contribution < 1.29 is 39.8 Å². The van der Waals surface area contributed by atoms with Crippen molar-refractivity contribution in [2.24, 2.45) is 5.92 Å². The number of esters is 1. The van der Waals surface area contributed by atoms with Crippen LogP contribution in [0.1, 0.15) is 31.0 Å². The molecule has 0 bridgehead atoms. The summed E-state index contributed by atoms with van der Waals surface area (Å²) in [6, 6.07) is 5.57. The summed E-state index contributed by atoms with van der Waals surface area (Å²) in [4.78, 5) is 16.9. The van der Waals surface area contributed by atoms with E-state index in [0.717, 1.165) is 31.4 Å². The number of hydrogen-bond acceptors (Lipinski definition) is 9. The molecule has 0 saturated carbocycles. The zero-order valence-corrected chi connectivity index (χ0v) is 18.2. The average molecular weight is 451 g/mol. The Bertz CT molecular complexity index is 932. The molecule has 1 aliphatic rings. The van der Waals surface area contributed by atoms with Crippen LogP contribution in [0.2, 0.25) is 0 Å². The van der Waals surface area contributed by atoms with Crippen molar-refractivity contribution in [3.63, 3.8) is 0 Å². The van der Waals surface area contributed by atoms with Gasteiger partial charge in [-0.3, -0.25) is 0 Å². The number of aromatic nitrogens is 1. The lowest BCUT2D eigenvalue weighted by Gasteiger charge is -2.22. The van der Waals surface area contributed by atoms with Gasteiger partial charge in [-0.05, 0) is 50.4 Å². The second-order valence-corrected chi connectivity index (χ2v) is 8.33. The quantitative estimate of drug-likeness (QED) is 0.251. The molecular weight excluding hydrogens is 420 g/mol. The number of carbonyl (C=O) groups is 1. The molecule has 0 aliphatic carbocycles. The van der Waals surface area contributed by atoms with Crippen LogP contribution >= 0.6 is 0 Å². The Morgan fingerprint density at radius 2 is 2.06 bits per heavy atom. The zero-order chi connectivity index (χ0) is 23.5. The maximum absolute atomic E-state index is 12.7. The summed E-state index contributed by atoms with van der Waals surface area (Å²) in [5.41, 5.74) is 1.69. The van der Waals surface area contributed by atoms with Gasteiger partial charge in [0, 0.05) is 5.39 Å². The summed E-state index contributed by atoms with van der Waals surface area (Å²) in [7, 11) is 1.92. The van der Waals surface area contributed by atoms with Gasteiger partial charge in [-0.1, -0.05) is 24.8 Å². The van der Waals surface area contributed by atoms with Crippen LogP contribution in [0.3, 0.4) is 0 Å². The Morgan fingerprint density at radius 3 is 2.69 bits per heavy atom. The second-order valence-electron chi connectivity index (χ2n) is 8.33. The highest BCUT2D eigenvalue weighted by Gasteiger charge is 2.56. The minimum Gasteiger partial charge on any atom is -0.656 e. The number of ether oxygens (including phenoxy) is 2. The first kappa shape index (κ1) is 24.6. The number of nitrogens with zero attached hydrogens (tertiary/aromatic N) is 1. The lowest BCUT2D eigenvalue weighted by atomic mass is 9.97. The molecule has 178 valence electrons. The third kappa shape index (κ3) is 4.96. The molecule has 10 heteroatoms. The van der Waals surface area contributed by atoms with Gasteiger partial charge in [-0.2, -0.15) is 0 Å². The molecule has 32 heavy (non-hydrogen) atoms. The molecule has 5 atom stereocenters. The molecule has 10 nitrogen and oxygen atoms in total. The summed E-state index contributed by atoms with van der Waals surface area (Å²) in [5.74, 6) is -3.01. The lowest BCUT2D eigenvalue weighted by molar-refractivity contribution is -0.246. The number of nitrogens with one attached hydrogen (secondary N) is 1. The number of fused-ring (bicyclic) bond motifs is 1. The number of aryl methyl sites for hydroxylation is 1. The topological polar surface area (TPSA) is 163 Å². The smallest absolute Gasteiger partial charge is 0.343 e. The monoisotopic (exact) mass is 451 g/mol. The van der Waals surface area contributed by atoms with Crippen molar-refractivity contribution in [1.29, 1.82) is 0 Å². The highest BCUT2D eigenvalue weighted by molar-refractivity contribution is 5.91. The third-order valence-corrected chi connectivity index (χ3v) is 5.87. The summed E-state index contributed by atoms with van der Waals surface area (Å²) in [6.07, 6.45) is -2.58. The van der Waals surface area contributed by atoms with E-state index in [2.05, 4.69) is 17.2 Å². The molecule has 1 fully saturated rings. The summed E-state index contributed by atoms with van der Waals surface area (Å²) < 4.78 is 10.4. The molecule has 1 saturated heterocycles. The number of aliphatic hydroxyl groups excluding tert-OH is 4.